The lowest BCUT2D eigenvalue weighted by Gasteiger charge is -2.10. The Hall–Kier alpha value is -1.33. The maximum atomic E-state index is 11.9. The Kier molecular flexibility index (Phi) is 4.27. The number of methoxy groups -OCH3 is 1. The third-order valence-corrected chi connectivity index (χ3v) is 3.54. The number of rotatable bonds is 3. The van der Waals surface area contributed by atoms with Crippen LogP contribution in [0.4, 0.5) is 0 Å². The van der Waals surface area contributed by atoms with E-state index < -0.39 is 0 Å². The van der Waals surface area contributed by atoms with Crippen molar-refractivity contribution in [1.29, 1.82) is 0 Å². The predicted octanol–water partition coefficient (Wildman–Crippen LogP) is 3.02. The Morgan fingerprint density at radius 2 is 2.16 bits per heavy atom. The van der Waals surface area contributed by atoms with Crippen molar-refractivity contribution in [2.45, 2.75) is 13.5 Å². The Bertz CT molecular complexity index is 670. The summed E-state index contributed by atoms with van der Waals surface area (Å²) in [4.78, 5) is 16.0. The van der Waals surface area contributed by atoms with Crippen molar-refractivity contribution in [3.63, 3.8) is 0 Å². The molecule has 1 aromatic heterocycles. The van der Waals surface area contributed by atoms with Gasteiger partial charge in [0.05, 0.1) is 18.1 Å². The van der Waals surface area contributed by atoms with Crippen molar-refractivity contribution in [1.82, 2.24) is 9.55 Å². The van der Waals surface area contributed by atoms with Crippen LogP contribution in [-0.2, 0) is 6.54 Å². The van der Waals surface area contributed by atoms with Crippen LogP contribution in [0.5, 0.6) is 5.75 Å². The van der Waals surface area contributed by atoms with Gasteiger partial charge in [-0.15, -0.1) is 0 Å². The molecule has 0 aliphatic rings. The van der Waals surface area contributed by atoms with Gasteiger partial charge in [0, 0.05) is 6.07 Å². The Morgan fingerprint density at radius 1 is 1.42 bits per heavy atom. The first kappa shape index (κ1) is 14.1. The van der Waals surface area contributed by atoms with Crippen molar-refractivity contribution in [2.75, 3.05) is 7.11 Å². The molecule has 0 N–H and O–H groups in total. The molecule has 0 aliphatic carbocycles. The monoisotopic (exact) mass is 342 g/mol. The minimum atomic E-state index is -0.163. The number of aromatic nitrogens is 2. The molecule has 0 bridgehead atoms. The second-order valence-corrected chi connectivity index (χ2v) is 5.26. The standard InChI is InChI=1S/C13H12BrClN2O2/c1-8-16-12(15)6-13(18)17(8)7-9-3-4-11(19-2)10(14)5-9/h3-6H,7H2,1-2H3. The van der Waals surface area contributed by atoms with Crippen LogP contribution >= 0.6 is 27.5 Å². The van der Waals surface area contributed by atoms with E-state index in [1.54, 1.807) is 18.6 Å². The summed E-state index contributed by atoms with van der Waals surface area (Å²) < 4.78 is 7.59. The van der Waals surface area contributed by atoms with Crippen molar-refractivity contribution < 1.29 is 4.74 Å². The van der Waals surface area contributed by atoms with E-state index in [9.17, 15) is 4.79 Å². The van der Waals surface area contributed by atoms with E-state index in [4.69, 9.17) is 16.3 Å². The number of hydrogen-bond acceptors (Lipinski definition) is 3. The van der Waals surface area contributed by atoms with E-state index in [0.29, 0.717) is 12.4 Å². The fourth-order valence-electron chi connectivity index (χ4n) is 1.77. The van der Waals surface area contributed by atoms with Crippen molar-refractivity contribution >= 4 is 27.5 Å². The van der Waals surface area contributed by atoms with Crippen LogP contribution in [0.2, 0.25) is 5.15 Å². The largest absolute Gasteiger partial charge is 0.496 e. The number of nitrogens with zero attached hydrogens (tertiary/aromatic N) is 2. The molecule has 0 fully saturated rings. The van der Waals surface area contributed by atoms with Gasteiger partial charge in [-0.3, -0.25) is 9.36 Å². The van der Waals surface area contributed by atoms with Crippen LogP contribution in [-0.4, -0.2) is 16.7 Å². The summed E-state index contributed by atoms with van der Waals surface area (Å²) in [5.74, 6) is 1.34. The molecule has 0 radical (unpaired) electrons. The Morgan fingerprint density at radius 3 is 2.74 bits per heavy atom. The zero-order valence-electron chi connectivity index (χ0n) is 10.5. The number of halogens is 2. The van der Waals surface area contributed by atoms with Crippen LogP contribution < -0.4 is 10.3 Å². The molecule has 1 aromatic carbocycles. The summed E-state index contributed by atoms with van der Waals surface area (Å²) in [6, 6.07) is 6.99. The van der Waals surface area contributed by atoms with Gasteiger partial charge in [0.15, 0.2) is 0 Å². The lowest BCUT2D eigenvalue weighted by Crippen LogP contribution is -2.23. The van der Waals surface area contributed by atoms with Gasteiger partial charge >= 0.3 is 0 Å². The molecule has 0 unspecified atom stereocenters. The van der Waals surface area contributed by atoms with Gasteiger partial charge in [-0.1, -0.05) is 17.7 Å². The van der Waals surface area contributed by atoms with Crippen LogP contribution in [0.3, 0.4) is 0 Å². The molecule has 2 aromatic rings. The molecule has 4 nitrogen and oxygen atoms in total. The smallest absolute Gasteiger partial charge is 0.255 e. The molecule has 100 valence electrons. The molecular weight excluding hydrogens is 332 g/mol. The summed E-state index contributed by atoms with van der Waals surface area (Å²) in [6.45, 7) is 2.20. The summed E-state index contributed by atoms with van der Waals surface area (Å²) in [7, 11) is 1.61. The molecule has 0 spiro atoms. The summed E-state index contributed by atoms with van der Waals surface area (Å²) >= 11 is 9.16. The fourth-order valence-corrected chi connectivity index (χ4v) is 2.57. The third-order valence-electron chi connectivity index (χ3n) is 2.72. The normalized spacial score (nSPS) is 10.5. The predicted molar refractivity (Wildman–Crippen MR) is 78.0 cm³/mol. The second kappa shape index (κ2) is 5.75. The molecule has 0 amide bonds. The molecule has 6 heteroatoms. The average Bonchev–Trinajstić information content (AvgIpc) is 2.34. The molecule has 0 aliphatic heterocycles. The molecular formula is C13H12BrClN2O2. The van der Waals surface area contributed by atoms with Crippen molar-refractivity contribution in [3.8, 4) is 5.75 Å². The van der Waals surface area contributed by atoms with Crippen LogP contribution in [0.1, 0.15) is 11.4 Å². The first-order valence-electron chi connectivity index (χ1n) is 5.57. The van der Waals surface area contributed by atoms with Gasteiger partial charge in [-0.05, 0) is 40.5 Å². The highest BCUT2D eigenvalue weighted by Crippen LogP contribution is 2.25. The zero-order valence-corrected chi connectivity index (χ0v) is 12.8. The van der Waals surface area contributed by atoms with Crippen LogP contribution in [0, 0.1) is 6.92 Å². The van der Waals surface area contributed by atoms with E-state index in [2.05, 4.69) is 20.9 Å². The van der Waals surface area contributed by atoms with E-state index in [0.717, 1.165) is 15.8 Å². The average molecular weight is 344 g/mol. The van der Waals surface area contributed by atoms with E-state index >= 15 is 0 Å². The maximum Gasteiger partial charge on any atom is 0.255 e. The van der Waals surface area contributed by atoms with E-state index in [1.165, 1.54) is 6.07 Å². The highest BCUT2D eigenvalue weighted by molar-refractivity contribution is 9.10. The quantitative estimate of drug-likeness (QED) is 0.805. The highest BCUT2D eigenvalue weighted by Gasteiger charge is 2.07. The summed E-state index contributed by atoms with van der Waals surface area (Å²) in [5.41, 5.74) is 0.812. The second-order valence-electron chi connectivity index (χ2n) is 4.02. The minimum absolute atomic E-state index is 0.163. The topological polar surface area (TPSA) is 44.1 Å². The Labute approximate surface area is 124 Å². The van der Waals surface area contributed by atoms with Crippen LogP contribution in [0.25, 0.3) is 0 Å². The lowest BCUT2D eigenvalue weighted by molar-refractivity contribution is 0.412. The van der Waals surface area contributed by atoms with Crippen molar-refractivity contribution in [2.24, 2.45) is 0 Å². The molecule has 0 saturated carbocycles. The molecule has 0 saturated heterocycles. The molecule has 1 heterocycles. The number of hydrogen-bond donors (Lipinski definition) is 0. The van der Waals surface area contributed by atoms with Gasteiger partial charge in [0.2, 0.25) is 0 Å². The lowest BCUT2D eigenvalue weighted by atomic mass is 10.2. The fraction of sp³-hybridized carbons (Fsp3) is 0.231. The van der Waals surface area contributed by atoms with Crippen molar-refractivity contribution in [3.05, 3.63) is 55.6 Å². The third kappa shape index (κ3) is 3.16. The first-order chi connectivity index (χ1) is 9.01. The van der Waals surface area contributed by atoms with Gasteiger partial charge < -0.3 is 4.74 Å². The summed E-state index contributed by atoms with van der Waals surface area (Å²) in [5, 5.41) is 0.217. The Balaban J connectivity index is 2.37. The van der Waals surface area contributed by atoms with Gasteiger partial charge in [0.1, 0.15) is 16.7 Å². The minimum Gasteiger partial charge on any atom is -0.496 e. The first-order valence-corrected chi connectivity index (χ1v) is 6.75. The molecule has 19 heavy (non-hydrogen) atoms. The van der Waals surface area contributed by atoms with E-state index in [1.807, 2.05) is 18.2 Å². The molecule has 2 rings (SSSR count). The maximum absolute atomic E-state index is 11.9. The van der Waals surface area contributed by atoms with Gasteiger partial charge in [0.25, 0.3) is 5.56 Å². The molecule has 0 atom stereocenters. The SMILES string of the molecule is COc1ccc(Cn2c(C)nc(Cl)cc2=O)cc1Br. The van der Waals surface area contributed by atoms with E-state index in [-0.39, 0.29) is 10.7 Å². The summed E-state index contributed by atoms with van der Waals surface area (Å²) in [6.07, 6.45) is 0. The van der Waals surface area contributed by atoms with Gasteiger partial charge in [-0.2, -0.15) is 0 Å². The number of aryl methyl sites for hydroxylation is 1. The van der Waals surface area contributed by atoms with Crippen LogP contribution in [0.15, 0.2) is 33.5 Å². The number of benzene rings is 1. The highest BCUT2D eigenvalue weighted by atomic mass is 79.9. The zero-order chi connectivity index (χ0) is 14.0. The number of ether oxygens (including phenoxy) is 1. The van der Waals surface area contributed by atoms with Gasteiger partial charge in [-0.25, -0.2) is 4.98 Å².